The molecule has 5 heteroatoms. The summed E-state index contributed by atoms with van der Waals surface area (Å²) in [5.74, 6) is -0.299. The Morgan fingerprint density at radius 2 is 1.63 bits per heavy atom. The number of carbonyl (C=O) groups is 1. The van der Waals surface area contributed by atoms with E-state index in [2.05, 4.69) is 5.32 Å². The van der Waals surface area contributed by atoms with Crippen LogP contribution in [0.5, 0.6) is 0 Å². The van der Waals surface area contributed by atoms with Crippen molar-refractivity contribution in [2.75, 3.05) is 5.32 Å². The Labute approximate surface area is 126 Å². The maximum atomic E-state index is 12.1. The van der Waals surface area contributed by atoms with E-state index in [4.69, 9.17) is 34.8 Å². The van der Waals surface area contributed by atoms with Crippen LogP contribution < -0.4 is 5.32 Å². The van der Waals surface area contributed by atoms with Gasteiger partial charge in [0.15, 0.2) is 0 Å². The molecule has 0 spiro atoms. The molecule has 0 aliphatic rings. The van der Waals surface area contributed by atoms with Crippen molar-refractivity contribution in [2.45, 2.75) is 6.92 Å². The van der Waals surface area contributed by atoms with Crippen molar-refractivity contribution in [3.05, 3.63) is 62.6 Å². The summed E-state index contributed by atoms with van der Waals surface area (Å²) in [7, 11) is 0. The molecular weight excluding hydrogens is 305 g/mol. The van der Waals surface area contributed by atoms with Gasteiger partial charge in [0.25, 0.3) is 5.91 Å². The van der Waals surface area contributed by atoms with Gasteiger partial charge in [-0.25, -0.2) is 0 Å². The lowest BCUT2D eigenvalue weighted by molar-refractivity contribution is 0.102. The third-order valence-corrected chi connectivity index (χ3v) is 3.41. The maximum Gasteiger partial charge on any atom is 0.257 e. The van der Waals surface area contributed by atoms with Gasteiger partial charge in [-0.3, -0.25) is 4.79 Å². The van der Waals surface area contributed by atoms with E-state index >= 15 is 0 Å². The van der Waals surface area contributed by atoms with Gasteiger partial charge in [0.1, 0.15) is 0 Å². The van der Waals surface area contributed by atoms with Crippen molar-refractivity contribution >= 4 is 46.4 Å². The smallest absolute Gasteiger partial charge is 0.257 e. The Hall–Kier alpha value is -1.22. The zero-order chi connectivity index (χ0) is 14.0. The second-order valence-electron chi connectivity index (χ2n) is 4.04. The topological polar surface area (TPSA) is 29.1 Å². The van der Waals surface area contributed by atoms with Gasteiger partial charge in [0, 0.05) is 15.7 Å². The minimum absolute atomic E-state index is 0.299. The minimum Gasteiger partial charge on any atom is -0.322 e. The molecule has 98 valence electrons. The van der Waals surface area contributed by atoms with Gasteiger partial charge in [0.2, 0.25) is 0 Å². The molecule has 0 aromatic heterocycles. The molecule has 0 atom stereocenters. The van der Waals surface area contributed by atoms with E-state index in [-0.39, 0.29) is 5.91 Å². The monoisotopic (exact) mass is 313 g/mol. The largest absolute Gasteiger partial charge is 0.322 e. The van der Waals surface area contributed by atoms with Crippen molar-refractivity contribution in [2.24, 2.45) is 0 Å². The number of nitrogens with one attached hydrogen (secondary N) is 1. The summed E-state index contributed by atoms with van der Waals surface area (Å²) in [6.45, 7) is 1.88. The molecule has 0 bridgehead atoms. The zero-order valence-corrected chi connectivity index (χ0v) is 12.3. The molecule has 0 aliphatic carbocycles. The average molecular weight is 315 g/mol. The SMILES string of the molecule is Cc1ccc(Cl)cc1NC(=O)c1ccc(Cl)cc1Cl. The number of benzene rings is 2. The maximum absolute atomic E-state index is 12.1. The Balaban J connectivity index is 2.28. The van der Waals surface area contributed by atoms with Gasteiger partial charge in [-0.1, -0.05) is 40.9 Å². The second kappa shape index (κ2) is 5.83. The van der Waals surface area contributed by atoms with E-state index in [0.717, 1.165) is 5.56 Å². The van der Waals surface area contributed by atoms with E-state index in [1.165, 1.54) is 6.07 Å². The van der Waals surface area contributed by atoms with Crippen molar-refractivity contribution in [3.8, 4) is 0 Å². The minimum atomic E-state index is -0.299. The highest BCUT2D eigenvalue weighted by Crippen LogP contribution is 2.24. The summed E-state index contributed by atoms with van der Waals surface area (Å²) in [5.41, 5.74) is 1.94. The van der Waals surface area contributed by atoms with Crippen LogP contribution in [0.4, 0.5) is 5.69 Å². The van der Waals surface area contributed by atoms with Crippen LogP contribution in [0.1, 0.15) is 15.9 Å². The Morgan fingerprint density at radius 3 is 2.32 bits per heavy atom. The van der Waals surface area contributed by atoms with Gasteiger partial charge >= 0.3 is 0 Å². The summed E-state index contributed by atoms with van der Waals surface area (Å²) < 4.78 is 0. The standard InChI is InChI=1S/C14H10Cl3NO/c1-8-2-3-10(16)7-13(8)18-14(19)11-5-4-9(15)6-12(11)17/h2-7H,1H3,(H,18,19). The van der Waals surface area contributed by atoms with Gasteiger partial charge in [-0.05, 0) is 42.8 Å². The van der Waals surface area contributed by atoms with Gasteiger partial charge in [-0.2, -0.15) is 0 Å². The van der Waals surface area contributed by atoms with Gasteiger partial charge in [-0.15, -0.1) is 0 Å². The molecule has 2 nitrogen and oxygen atoms in total. The quantitative estimate of drug-likeness (QED) is 0.810. The summed E-state index contributed by atoms with van der Waals surface area (Å²) in [5, 5.41) is 4.13. The van der Waals surface area contributed by atoms with E-state index in [1.807, 2.05) is 13.0 Å². The number of anilines is 1. The van der Waals surface area contributed by atoms with Crippen molar-refractivity contribution in [3.63, 3.8) is 0 Å². The first-order valence-electron chi connectivity index (χ1n) is 5.50. The lowest BCUT2D eigenvalue weighted by Crippen LogP contribution is -2.13. The fraction of sp³-hybridized carbons (Fsp3) is 0.0714. The molecule has 0 aliphatic heterocycles. The predicted octanol–water partition coefficient (Wildman–Crippen LogP) is 5.21. The molecular formula is C14H10Cl3NO. The van der Waals surface area contributed by atoms with E-state index in [0.29, 0.717) is 26.3 Å². The van der Waals surface area contributed by atoms with E-state index < -0.39 is 0 Å². The van der Waals surface area contributed by atoms with Crippen LogP contribution in [0.2, 0.25) is 15.1 Å². The molecule has 1 amide bonds. The summed E-state index contributed by atoms with van der Waals surface area (Å²) in [6.07, 6.45) is 0. The van der Waals surface area contributed by atoms with Crippen LogP contribution in [0.15, 0.2) is 36.4 Å². The molecule has 0 heterocycles. The normalized spacial score (nSPS) is 10.3. The first-order valence-corrected chi connectivity index (χ1v) is 6.63. The number of hydrogen-bond donors (Lipinski definition) is 1. The predicted molar refractivity (Wildman–Crippen MR) is 80.6 cm³/mol. The zero-order valence-electron chi connectivity index (χ0n) is 10.0. The van der Waals surface area contributed by atoms with Crippen molar-refractivity contribution in [1.29, 1.82) is 0 Å². The van der Waals surface area contributed by atoms with Crippen LogP contribution in [0, 0.1) is 6.92 Å². The van der Waals surface area contributed by atoms with E-state index in [1.54, 1.807) is 24.3 Å². The van der Waals surface area contributed by atoms with E-state index in [9.17, 15) is 4.79 Å². The molecule has 2 aromatic rings. The molecule has 19 heavy (non-hydrogen) atoms. The second-order valence-corrected chi connectivity index (χ2v) is 5.32. The van der Waals surface area contributed by atoms with Crippen LogP contribution in [-0.2, 0) is 0 Å². The molecule has 0 fully saturated rings. The third-order valence-electron chi connectivity index (χ3n) is 2.62. The Kier molecular flexibility index (Phi) is 4.35. The highest BCUT2D eigenvalue weighted by Gasteiger charge is 2.12. The van der Waals surface area contributed by atoms with Crippen molar-refractivity contribution < 1.29 is 4.79 Å². The number of aryl methyl sites for hydroxylation is 1. The molecule has 0 unspecified atom stereocenters. The van der Waals surface area contributed by atoms with Crippen molar-refractivity contribution in [1.82, 2.24) is 0 Å². The summed E-state index contributed by atoms with van der Waals surface area (Å²) in [4.78, 5) is 12.1. The number of carbonyl (C=O) groups excluding carboxylic acids is 1. The highest BCUT2D eigenvalue weighted by molar-refractivity contribution is 6.37. The molecule has 2 aromatic carbocycles. The number of amides is 1. The van der Waals surface area contributed by atoms with Gasteiger partial charge in [0.05, 0.1) is 10.6 Å². The number of halogens is 3. The first kappa shape index (κ1) is 14.2. The van der Waals surface area contributed by atoms with Gasteiger partial charge < -0.3 is 5.32 Å². The number of hydrogen-bond acceptors (Lipinski definition) is 1. The van der Waals surface area contributed by atoms with Crippen LogP contribution in [-0.4, -0.2) is 5.91 Å². The lowest BCUT2D eigenvalue weighted by Gasteiger charge is -2.10. The first-order chi connectivity index (χ1) is 8.97. The highest BCUT2D eigenvalue weighted by atomic mass is 35.5. The van der Waals surface area contributed by atoms with Crippen LogP contribution in [0.25, 0.3) is 0 Å². The molecule has 2 rings (SSSR count). The average Bonchev–Trinajstić information content (AvgIpc) is 2.33. The third kappa shape index (κ3) is 3.41. The fourth-order valence-corrected chi connectivity index (χ4v) is 2.26. The Bertz CT molecular complexity index is 641. The summed E-state index contributed by atoms with van der Waals surface area (Å²) in [6, 6.07) is 10.0. The Morgan fingerprint density at radius 1 is 1.00 bits per heavy atom. The number of rotatable bonds is 2. The molecule has 1 N–H and O–H groups in total. The molecule has 0 saturated heterocycles. The molecule has 0 radical (unpaired) electrons. The van der Waals surface area contributed by atoms with Crippen LogP contribution in [0.3, 0.4) is 0 Å². The fourth-order valence-electron chi connectivity index (χ4n) is 1.59. The molecule has 0 saturated carbocycles. The lowest BCUT2D eigenvalue weighted by atomic mass is 10.1. The summed E-state index contributed by atoms with van der Waals surface area (Å²) >= 11 is 17.7. The van der Waals surface area contributed by atoms with Crippen LogP contribution >= 0.6 is 34.8 Å².